The molecule has 3 heterocycles. The Morgan fingerprint density at radius 2 is 1.90 bits per heavy atom. The predicted octanol–water partition coefficient (Wildman–Crippen LogP) is 5.33. The first-order valence-corrected chi connectivity index (χ1v) is 10.5. The Bertz CT molecular complexity index is 1110. The van der Waals surface area contributed by atoms with Crippen LogP contribution < -0.4 is 9.64 Å². The third-order valence-corrected chi connectivity index (χ3v) is 6.29. The minimum Gasteiger partial charge on any atom is -0.467 e. The lowest BCUT2D eigenvalue weighted by Crippen LogP contribution is -2.67. The van der Waals surface area contributed by atoms with Gasteiger partial charge in [0.05, 0.1) is 12.3 Å². The van der Waals surface area contributed by atoms with Crippen LogP contribution in [-0.2, 0) is 6.42 Å². The second-order valence-corrected chi connectivity index (χ2v) is 8.19. The molecule has 2 aromatic carbocycles. The van der Waals surface area contributed by atoms with Gasteiger partial charge in [-0.2, -0.15) is 0 Å². The maximum atomic E-state index is 13.4. The number of nitrogens with zero attached hydrogens (tertiary/aromatic N) is 2. The minimum atomic E-state index is -0.705. The molecule has 3 aromatic rings. The number of fused-ring (bicyclic) bond motifs is 4. The number of furan rings is 1. The van der Waals surface area contributed by atoms with Crippen LogP contribution in [0.15, 0.2) is 71.3 Å². The molecule has 5 rings (SSSR count). The summed E-state index contributed by atoms with van der Waals surface area (Å²) in [5, 5.41) is 0.411. The Kier molecular flexibility index (Phi) is 4.40. The van der Waals surface area contributed by atoms with Crippen molar-refractivity contribution in [3.8, 4) is 5.75 Å². The number of anilines is 1. The maximum absolute atomic E-state index is 13.4. The molecule has 2 atom stereocenters. The third kappa shape index (κ3) is 2.82. The van der Waals surface area contributed by atoms with Gasteiger partial charge in [-0.25, -0.2) is 0 Å². The lowest BCUT2D eigenvalue weighted by Gasteiger charge is -2.55. The summed E-state index contributed by atoms with van der Waals surface area (Å²) in [5.41, 5.74) is 2.39. The number of thiocarbonyl (C=S) groups is 1. The summed E-state index contributed by atoms with van der Waals surface area (Å²) in [6, 6.07) is 19.3. The number of carbonyl (C=O) groups excluding carboxylic acids is 1. The van der Waals surface area contributed by atoms with Gasteiger partial charge < -0.3 is 9.15 Å². The number of hydrogen-bond donors (Lipinski definition) is 0. The zero-order valence-electron chi connectivity index (χ0n) is 16.9. The fourth-order valence-electron chi connectivity index (χ4n) is 4.42. The standard InChI is InChI=1S/C24H22N2O3S/c1-3-16-10-12-17(13-11-16)26-23(30)25(22(27)21-9-6-14-28-21)19-15-24(26,2)29-20-8-5-4-7-18(19)20/h4-14,19H,3,15H2,1-2H3. The van der Waals surface area contributed by atoms with Crippen molar-refractivity contribution in [1.82, 2.24) is 4.90 Å². The van der Waals surface area contributed by atoms with E-state index in [-0.39, 0.29) is 17.7 Å². The van der Waals surface area contributed by atoms with Crippen LogP contribution >= 0.6 is 12.2 Å². The molecule has 2 bridgehead atoms. The summed E-state index contributed by atoms with van der Waals surface area (Å²) in [5.74, 6) is 0.793. The Morgan fingerprint density at radius 1 is 1.13 bits per heavy atom. The topological polar surface area (TPSA) is 45.9 Å². The first-order chi connectivity index (χ1) is 14.5. The van der Waals surface area contributed by atoms with Gasteiger partial charge in [0.1, 0.15) is 5.75 Å². The van der Waals surface area contributed by atoms with Crippen molar-refractivity contribution < 1.29 is 13.9 Å². The normalized spacial score (nSPS) is 22.5. The second kappa shape index (κ2) is 6.99. The van der Waals surface area contributed by atoms with Crippen LogP contribution in [0, 0.1) is 0 Å². The van der Waals surface area contributed by atoms with Gasteiger partial charge in [-0.05, 0) is 61.5 Å². The van der Waals surface area contributed by atoms with Crippen LogP contribution in [0.3, 0.4) is 0 Å². The quantitative estimate of drug-likeness (QED) is 0.538. The number of carbonyl (C=O) groups is 1. The van der Waals surface area contributed by atoms with Crippen LogP contribution in [-0.4, -0.2) is 21.6 Å². The van der Waals surface area contributed by atoms with Crippen molar-refractivity contribution in [1.29, 1.82) is 0 Å². The number of hydrogen-bond acceptors (Lipinski definition) is 4. The predicted molar refractivity (Wildman–Crippen MR) is 119 cm³/mol. The number of para-hydroxylation sites is 1. The summed E-state index contributed by atoms with van der Waals surface area (Å²) in [4.78, 5) is 17.1. The van der Waals surface area contributed by atoms with E-state index < -0.39 is 5.72 Å². The Morgan fingerprint density at radius 3 is 2.60 bits per heavy atom. The molecule has 2 unspecified atom stereocenters. The number of amides is 1. The first kappa shape index (κ1) is 18.9. The molecule has 2 aliphatic heterocycles. The average molecular weight is 419 g/mol. The molecular formula is C24H22N2O3S. The Balaban J connectivity index is 1.66. The average Bonchev–Trinajstić information content (AvgIpc) is 3.28. The van der Waals surface area contributed by atoms with Gasteiger partial charge in [0.2, 0.25) is 0 Å². The van der Waals surface area contributed by atoms with E-state index in [0.717, 1.165) is 23.4 Å². The van der Waals surface area contributed by atoms with Crippen molar-refractivity contribution in [2.24, 2.45) is 0 Å². The van der Waals surface area contributed by atoms with Crippen LogP contribution in [0.4, 0.5) is 5.69 Å². The molecule has 1 aromatic heterocycles. The van der Waals surface area contributed by atoms with E-state index in [2.05, 4.69) is 19.1 Å². The summed E-state index contributed by atoms with van der Waals surface area (Å²) in [6.07, 6.45) is 3.05. The van der Waals surface area contributed by atoms with Crippen LogP contribution in [0.2, 0.25) is 0 Å². The van der Waals surface area contributed by atoms with E-state index in [1.54, 1.807) is 17.0 Å². The van der Waals surface area contributed by atoms with E-state index in [9.17, 15) is 4.79 Å². The van der Waals surface area contributed by atoms with Crippen LogP contribution in [0.5, 0.6) is 5.75 Å². The molecule has 0 N–H and O–H groups in total. The number of benzene rings is 2. The molecule has 2 aliphatic rings. The second-order valence-electron chi connectivity index (χ2n) is 7.83. The SMILES string of the molecule is CCc1ccc(N2C(=S)N(C(=O)c3ccco3)C3CC2(C)Oc2ccccc23)cc1. The molecule has 0 spiro atoms. The highest BCUT2D eigenvalue weighted by Crippen LogP contribution is 2.49. The Labute approximate surface area is 180 Å². The summed E-state index contributed by atoms with van der Waals surface area (Å²) < 4.78 is 11.9. The van der Waals surface area contributed by atoms with E-state index >= 15 is 0 Å². The number of rotatable bonds is 3. The highest BCUT2D eigenvalue weighted by Gasteiger charge is 2.53. The fourth-order valence-corrected chi connectivity index (χ4v) is 4.93. The zero-order valence-corrected chi connectivity index (χ0v) is 17.7. The smallest absolute Gasteiger partial charge is 0.296 e. The van der Waals surface area contributed by atoms with Crippen molar-refractivity contribution >= 4 is 28.9 Å². The molecule has 1 fully saturated rings. The van der Waals surface area contributed by atoms with Gasteiger partial charge in [-0.15, -0.1) is 0 Å². The van der Waals surface area contributed by atoms with E-state index in [0.29, 0.717) is 11.5 Å². The lowest BCUT2D eigenvalue weighted by molar-refractivity contribution is 0.0174. The number of aryl methyl sites for hydroxylation is 1. The van der Waals surface area contributed by atoms with Gasteiger partial charge in [-0.1, -0.05) is 37.3 Å². The molecule has 0 saturated carbocycles. The summed E-state index contributed by atoms with van der Waals surface area (Å²) in [7, 11) is 0. The molecule has 0 radical (unpaired) electrons. The van der Waals surface area contributed by atoms with E-state index in [1.807, 2.05) is 48.2 Å². The molecular weight excluding hydrogens is 396 g/mol. The van der Waals surface area contributed by atoms with Crippen LogP contribution in [0.1, 0.15) is 48.0 Å². The highest BCUT2D eigenvalue weighted by molar-refractivity contribution is 7.80. The van der Waals surface area contributed by atoms with Gasteiger partial charge in [0.25, 0.3) is 5.91 Å². The van der Waals surface area contributed by atoms with Crippen LogP contribution in [0.25, 0.3) is 0 Å². The van der Waals surface area contributed by atoms with Gasteiger partial charge in [-0.3, -0.25) is 14.6 Å². The van der Waals surface area contributed by atoms with Crippen molar-refractivity contribution in [2.75, 3.05) is 4.90 Å². The molecule has 152 valence electrons. The zero-order chi connectivity index (χ0) is 20.9. The summed E-state index contributed by atoms with van der Waals surface area (Å²) in [6.45, 7) is 4.15. The number of ether oxygens (including phenoxy) is 1. The maximum Gasteiger partial charge on any atom is 0.296 e. The van der Waals surface area contributed by atoms with Gasteiger partial charge in [0.15, 0.2) is 16.6 Å². The van der Waals surface area contributed by atoms with Crippen molar-refractivity contribution in [3.63, 3.8) is 0 Å². The molecule has 0 aliphatic carbocycles. The van der Waals surface area contributed by atoms with E-state index in [4.69, 9.17) is 21.4 Å². The lowest BCUT2D eigenvalue weighted by atomic mass is 9.88. The third-order valence-electron chi connectivity index (χ3n) is 5.92. The molecule has 30 heavy (non-hydrogen) atoms. The molecule has 5 nitrogen and oxygen atoms in total. The monoisotopic (exact) mass is 418 g/mol. The largest absolute Gasteiger partial charge is 0.467 e. The molecule has 1 saturated heterocycles. The van der Waals surface area contributed by atoms with Crippen molar-refractivity contribution in [3.05, 3.63) is 83.8 Å². The first-order valence-electron chi connectivity index (χ1n) is 10.1. The minimum absolute atomic E-state index is 0.226. The van der Waals surface area contributed by atoms with Gasteiger partial charge >= 0.3 is 0 Å². The molecule has 1 amide bonds. The summed E-state index contributed by atoms with van der Waals surface area (Å²) >= 11 is 5.91. The fraction of sp³-hybridized carbons (Fsp3) is 0.250. The molecule has 6 heteroatoms. The van der Waals surface area contributed by atoms with Gasteiger partial charge in [0, 0.05) is 17.7 Å². The van der Waals surface area contributed by atoms with E-state index in [1.165, 1.54) is 11.8 Å². The van der Waals surface area contributed by atoms with Crippen molar-refractivity contribution in [2.45, 2.75) is 38.5 Å². The Hall–Kier alpha value is -3.12. The highest BCUT2D eigenvalue weighted by atomic mass is 32.1.